The standard InChI is InChI=1S/C20H38N4O10/c1-10(21)17(29)24-12(18(30)23-11(2)19(31)32)5-3-4-7-22-8-6-20(33)16(28)15(27)14(26)13(9-25)34-20/h10-16,22,25-28,33H,3-9,21H2,1-2H3,(H,23,30)(H,24,29)(H,31,32)/t10-,11-,12-,13+,14-,15-,16+,20?/m0/s1. The van der Waals surface area contributed by atoms with Crippen molar-refractivity contribution in [2.45, 2.75) is 87.9 Å². The Morgan fingerprint density at radius 3 is 2.24 bits per heavy atom. The highest BCUT2D eigenvalue weighted by Crippen LogP contribution is 2.30. The number of nitrogens with one attached hydrogen (secondary N) is 3. The molecule has 1 saturated heterocycles. The number of hydrogen-bond donors (Lipinski definition) is 10. The number of carbonyl (C=O) groups is 3. The molecule has 14 nitrogen and oxygen atoms in total. The maximum absolute atomic E-state index is 12.4. The first-order valence-electron chi connectivity index (χ1n) is 11.2. The molecule has 1 fully saturated rings. The molecular weight excluding hydrogens is 456 g/mol. The van der Waals surface area contributed by atoms with E-state index in [4.69, 9.17) is 15.6 Å². The number of aliphatic hydroxyl groups is 5. The molecule has 0 radical (unpaired) electrons. The van der Waals surface area contributed by atoms with Gasteiger partial charge in [-0.25, -0.2) is 0 Å². The second-order valence-electron chi connectivity index (χ2n) is 8.52. The number of carbonyl (C=O) groups excluding carboxylic acids is 2. The Morgan fingerprint density at radius 1 is 1.03 bits per heavy atom. The van der Waals surface area contributed by atoms with E-state index in [0.29, 0.717) is 19.4 Å². The minimum atomic E-state index is -2.16. The third-order valence-electron chi connectivity index (χ3n) is 5.58. The summed E-state index contributed by atoms with van der Waals surface area (Å²) in [5.41, 5.74) is 5.52. The number of rotatable bonds is 14. The number of unbranched alkanes of at least 4 members (excludes halogenated alkanes) is 1. The van der Waals surface area contributed by atoms with Gasteiger partial charge in [0, 0.05) is 13.0 Å². The predicted octanol–water partition coefficient (Wildman–Crippen LogP) is -4.28. The molecule has 0 spiro atoms. The van der Waals surface area contributed by atoms with E-state index in [0.717, 1.165) is 0 Å². The number of aliphatic carboxylic acids is 1. The van der Waals surface area contributed by atoms with Crippen LogP contribution in [0.25, 0.3) is 0 Å². The molecular formula is C20H38N4O10. The Balaban J connectivity index is 2.47. The van der Waals surface area contributed by atoms with Crippen molar-refractivity contribution >= 4 is 17.8 Å². The van der Waals surface area contributed by atoms with Crippen LogP contribution in [0.1, 0.15) is 39.5 Å². The van der Waals surface area contributed by atoms with Crippen molar-refractivity contribution in [1.29, 1.82) is 0 Å². The second-order valence-corrected chi connectivity index (χ2v) is 8.52. The van der Waals surface area contributed by atoms with E-state index in [1.165, 1.54) is 13.8 Å². The minimum absolute atomic E-state index is 0.142. The fourth-order valence-corrected chi connectivity index (χ4v) is 3.37. The molecule has 11 N–H and O–H groups in total. The first kappa shape index (κ1) is 30.1. The summed E-state index contributed by atoms with van der Waals surface area (Å²) < 4.78 is 5.18. The maximum atomic E-state index is 12.4. The average Bonchev–Trinajstić information content (AvgIpc) is 2.78. The van der Waals surface area contributed by atoms with Crippen LogP contribution in [0.5, 0.6) is 0 Å². The van der Waals surface area contributed by atoms with Crippen molar-refractivity contribution < 1.29 is 49.8 Å². The van der Waals surface area contributed by atoms with Crippen molar-refractivity contribution in [2.75, 3.05) is 19.7 Å². The van der Waals surface area contributed by atoms with E-state index in [9.17, 15) is 39.9 Å². The van der Waals surface area contributed by atoms with Crippen molar-refractivity contribution in [3.8, 4) is 0 Å². The Hall–Kier alpha value is -1.91. The van der Waals surface area contributed by atoms with Crippen molar-refractivity contribution in [3.05, 3.63) is 0 Å². The fourth-order valence-electron chi connectivity index (χ4n) is 3.37. The van der Waals surface area contributed by atoms with E-state index in [-0.39, 0.29) is 19.4 Å². The number of amides is 2. The number of nitrogens with two attached hydrogens (primary N) is 1. The summed E-state index contributed by atoms with van der Waals surface area (Å²) in [6.07, 6.45) is -5.13. The van der Waals surface area contributed by atoms with Gasteiger partial charge in [-0.3, -0.25) is 14.4 Å². The van der Waals surface area contributed by atoms with Gasteiger partial charge in [0.05, 0.1) is 12.6 Å². The zero-order valence-corrected chi connectivity index (χ0v) is 19.4. The molecule has 1 aliphatic heterocycles. The van der Waals surface area contributed by atoms with Gasteiger partial charge in [0.1, 0.15) is 36.5 Å². The highest BCUT2D eigenvalue weighted by atomic mass is 16.7. The summed E-state index contributed by atoms with van der Waals surface area (Å²) in [6, 6.07) is -2.94. The molecule has 0 saturated carbocycles. The third kappa shape index (κ3) is 8.70. The van der Waals surface area contributed by atoms with Gasteiger partial charge < -0.3 is 57.1 Å². The highest BCUT2D eigenvalue weighted by molar-refractivity contribution is 5.91. The van der Waals surface area contributed by atoms with Gasteiger partial charge >= 0.3 is 5.97 Å². The molecule has 1 rings (SSSR count). The molecule has 0 aromatic heterocycles. The smallest absolute Gasteiger partial charge is 0.325 e. The zero-order valence-electron chi connectivity index (χ0n) is 19.4. The second kappa shape index (κ2) is 13.8. The monoisotopic (exact) mass is 494 g/mol. The van der Waals surface area contributed by atoms with Gasteiger partial charge in [0.2, 0.25) is 11.8 Å². The molecule has 0 aromatic rings. The van der Waals surface area contributed by atoms with Crippen LogP contribution in [0.2, 0.25) is 0 Å². The molecule has 1 unspecified atom stereocenters. The summed E-state index contributed by atoms with van der Waals surface area (Å²) in [7, 11) is 0. The van der Waals surface area contributed by atoms with Crippen LogP contribution in [0.15, 0.2) is 0 Å². The first-order chi connectivity index (χ1) is 15.8. The van der Waals surface area contributed by atoms with Gasteiger partial charge in [-0.1, -0.05) is 0 Å². The van der Waals surface area contributed by atoms with Gasteiger partial charge in [-0.2, -0.15) is 0 Å². The molecule has 1 heterocycles. The van der Waals surface area contributed by atoms with Crippen LogP contribution < -0.4 is 21.7 Å². The Labute approximate surface area is 197 Å². The molecule has 8 atom stereocenters. The maximum Gasteiger partial charge on any atom is 0.325 e. The van der Waals surface area contributed by atoms with E-state index >= 15 is 0 Å². The third-order valence-corrected chi connectivity index (χ3v) is 5.58. The van der Waals surface area contributed by atoms with Crippen LogP contribution in [0, 0.1) is 0 Å². The lowest BCUT2D eigenvalue weighted by Gasteiger charge is -2.45. The Bertz CT molecular complexity index is 680. The number of carboxylic acids is 1. The van der Waals surface area contributed by atoms with Crippen molar-refractivity contribution in [2.24, 2.45) is 5.73 Å². The van der Waals surface area contributed by atoms with Gasteiger partial charge in [0.15, 0.2) is 5.79 Å². The molecule has 0 aliphatic carbocycles. The Morgan fingerprint density at radius 2 is 1.68 bits per heavy atom. The molecule has 1 aliphatic rings. The number of aliphatic hydroxyl groups excluding tert-OH is 4. The topological polar surface area (TPSA) is 244 Å². The van der Waals surface area contributed by atoms with E-state index < -0.39 is 72.7 Å². The fraction of sp³-hybridized carbons (Fsp3) is 0.850. The summed E-state index contributed by atoms with van der Waals surface area (Å²) in [6.45, 7) is 2.70. The van der Waals surface area contributed by atoms with Crippen molar-refractivity contribution in [3.63, 3.8) is 0 Å². The molecule has 14 heteroatoms. The zero-order chi connectivity index (χ0) is 26.1. The molecule has 0 aromatic carbocycles. The SMILES string of the molecule is C[C@H](N)C(=O)N[C@@H](CCCCNCCC1(O)O[C@H](CO)[C@H](O)[C@H](O)[C@H]1O)C(=O)N[C@@H](C)C(=O)O. The molecule has 34 heavy (non-hydrogen) atoms. The number of ether oxygens (including phenoxy) is 1. The highest BCUT2D eigenvalue weighted by Gasteiger charge is 2.52. The van der Waals surface area contributed by atoms with E-state index in [1.54, 1.807) is 0 Å². The minimum Gasteiger partial charge on any atom is -0.480 e. The summed E-state index contributed by atoms with van der Waals surface area (Å²) in [5.74, 6) is -4.56. The van der Waals surface area contributed by atoms with Crippen LogP contribution in [0.3, 0.4) is 0 Å². The van der Waals surface area contributed by atoms with Gasteiger partial charge in [-0.05, 0) is 39.7 Å². The summed E-state index contributed by atoms with van der Waals surface area (Å²) in [5, 5.41) is 66.1. The van der Waals surface area contributed by atoms with Crippen LogP contribution >= 0.6 is 0 Å². The van der Waals surface area contributed by atoms with E-state index in [2.05, 4.69) is 16.0 Å². The molecule has 198 valence electrons. The lowest BCUT2D eigenvalue weighted by molar-refractivity contribution is -0.350. The lowest BCUT2D eigenvalue weighted by Crippen LogP contribution is -2.65. The van der Waals surface area contributed by atoms with Crippen molar-refractivity contribution in [1.82, 2.24) is 16.0 Å². The predicted molar refractivity (Wildman–Crippen MR) is 117 cm³/mol. The first-order valence-corrected chi connectivity index (χ1v) is 11.2. The average molecular weight is 495 g/mol. The molecule has 2 amide bonds. The normalized spacial score (nSPS) is 29.6. The largest absolute Gasteiger partial charge is 0.480 e. The van der Waals surface area contributed by atoms with Gasteiger partial charge in [-0.15, -0.1) is 0 Å². The number of carboxylic acid groups (broad SMARTS) is 1. The Kier molecular flexibility index (Phi) is 12.3. The van der Waals surface area contributed by atoms with E-state index in [1.807, 2.05) is 0 Å². The summed E-state index contributed by atoms with van der Waals surface area (Å²) in [4.78, 5) is 35.2. The molecule has 0 bridgehead atoms. The summed E-state index contributed by atoms with van der Waals surface area (Å²) >= 11 is 0. The lowest BCUT2D eigenvalue weighted by atomic mass is 9.91. The van der Waals surface area contributed by atoms with Crippen LogP contribution in [0.4, 0.5) is 0 Å². The van der Waals surface area contributed by atoms with Gasteiger partial charge in [0.25, 0.3) is 0 Å². The van der Waals surface area contributed by atoms with Crippen LogP contribution in [-0.4, -0.2) is 116 Å². The quantitative estimate of drug-likeness (QED) is 0.103. The van der Waals surface area contributed by atoms with Crippen LogP contribution in [-0.2, 0) is 19.1 Å². The number of hydrogen-bond acceptors (Lipinski definition) is 11.